The minimum Gasteiger partial charge on any atom is -0.490 e. The van der Waals surface area contributed by atoms with Gasteiger partial charge >= 0.3 is 0 Å². The first-order valence-electron chi connectivity index (χ1n) is 9.60. The summed E-state index contributed by atoms with van der Waals surface area (Å²) in [5.74, 6) is 0.271. The zero-order valence-electron chi connectivity index (χ0n) is 15.6. The number of anilines is 1. The molecule has 0 aromatic heterocycles. The number of β-amino-alcohol motifs (C(OH)–C–C–N with tert-alkyl or cyclic N) is 1. The highest BCUT2D eigenvalue weighted by Gasteiger charge is 2.23. The van der Waals surface area contributed by atoms with E-state index in [9.17, 15) is 13.9 Å². The summed E-state index contributed by atoms with van der Waals surface area (Å²) >= 11 is 0. The topological polar surface area (TPSA) is 45.2 Å². The van der Waals surface area contributed by atoms with Crippen LogP contribution in [0.3, 0.4) is 0 Å². The third-order valence-corrected chi connectivity index (χ3v) is 5.21. The molecule has 4 rings (SSSR count). The Hall–Kier alpha value is -2.38. The van der Waals surface area contributed by atoms with E-state index in [0.29, 0.717) is 63.1 Å². The lowest BCUT2D eigenvalue weighted by Crippen LogP contribution is -2.47. The summed E-state index contributed by atoms with van der Waals surface area (Å²) in [5, 5.41) is 10.6. The van der Waals surface area contributed by atoms with Gasteiger partial charge in [0.1, 0.15) is 11.6 Å². The molecule has 1 N–H and O–H groups in total. The van der Waals surface area contributed by atoms with Crippen molar-refractivity contribution >= 4 is 5.69 Å². The van der Waals surface area contributed by atoms with Gasteiger partial charge in [0, 0.05) is 45.2 Å². The fourth-order valence-electron chi connectivity index (χ4n) is 3.65. The van der Waals surface area contributed by atoms with E-state index in [4.69, 9.17) is 9.47 Å². The zero-order chi connectivity index (χ0) is 19.5. The van der Waals surface area contributed by atoms with Crippen molar-refractivity contribution in [3.05, 3.63) is 53.6 Å². The van der Waals surface area contributed by atoms with Crippen molar-refractivity contribution < 1.29 is 23.4 Å². The van der Waals surface area contributed by atoms with Crippen molar-refractivity contribution in [3.8, 4) is 11.5 Å². The van der Waals surface area contributed by atoms with Crippen LogP contribution in [0.1, 0.15) is 18.1 Å². The summed E-state index contributed by atoms with van der Waals surface area (Å²) in [5.41, 5.74) is 1.21. The number of aliphatic hydroxyl groups is 1. The third kappa shape index (κ3) is 4.20. The second kappa shape index (κ2) is 8.32. The Morgan fingerprint density at radius 1 is 0.929 bits per heavy atom. The summed E-state index contributed by atoms with van der Waals surface area (Å²) in [6.07, 6.45) is 0.192. The first kappa shape index (κ1) is 19.0. The van der Waals surface area contributed by atoms with E-state index in [1.807, 2.05) is 23.1 Å². The highest BCUT2D eigenvalue weighted by molar-refractivity contribution is 5.48. The van der Waals surface area contributed by atoms with Gasteiger partial charge in [0.05, 0.1) is 25.0 Å². The molecule has 2 aliphatic rings. The average molecular weight is 390 g/mol. The number of ether oxygens (including phenoxy) is 2. The second-order valence-corrected chi connectivity index (χ2v) is 7.16. The van der Waals surface area contributed by atoms with Gasteiger partial charge in [0.25, 0.3) is 0 Å². The number of benzene rings is 2. The minimum atomic E-state index is -0.647. The molecule has 0 bridgehead atoms. The fourth-order valence-corrected chi connectivity index (χ4v) is 3.65. The maximum atomic E-state index is 14.0. The van der Waals surface area contributed by atoms with Crippen LogP contribution in [-0.4, -0.2) is 55.9 Å². The molecule has 0 aliphatic carbocycles. The van der Waals surface area contributed by atoms with Crippen LogP contribution < -0.4 is 14.4 Å². The van der Waals surface area contributed by atoms with Gasteiger partial charge in [-0.25, -0.2) is 8.78 Å². The molecule has 1 unspecified atom stereocenters. The van der Waals surface area contributed by atoms with E-state index >= 15 is 0 Å². The molecule has 2 aromatic rings. The Morgan fingerprint density at radius 3 is 2.43 bits per heavy atom. The first-order chi connectivity index (χ1) is 13.6. The van der Waals surface area contributed by atoms with Gasteiger partial charge in [0.15, 0.2) is 11.5 Å². The van der Waals surface area contributed by atoms with E-state index in [1.165, 1.54) is 12.1 Å². The van der Waals surface area contributed by atoms with Gasteiger partial charge in [-0.15, -0.1) is 0 Å². The number of hydrogen-bond acceptors (Lipinski definition) is 5. The lowest BCUT2D eigenvalue weighted by molar-refractivity contribution is 0.109. The molecule has 1 atom stereocenters. The molecule has 2 heterocycles. The summed E-state index contributed by atoms with van der Waals surface area (Å²) in [6.45, 7) is 4.35. The molecular formula is C21H24F2N2O3. The van der Waals surface area contributed by atoms with Crippen LogP contribution in [0, 0.1) is 11.6 Å². The van der Waals surface area contributed by atoms with Gasteiger partial charge < -0.3 is 19.5 Å². The van der Waals surface area contributed by atoms with Crippen LogP contribution in [0.2, 0.25) is 0 Å². The van der Waals surface area contributed by atoms with Gasteiger partial charge in [-0.3, -0.25) is 4.90 Å². The molecule has 0 saturated carbocycles. The van der Waals surface area contributed by atoms with Crippen LogP contribution >= 0.6 is 0 Å². The molecular weight excluding hydrogens is 366 g/mol. The monoisotopic (exact) mass is 390 g/mol. The normalized spacial score (nSPS) is 18.6. The number of hydrogen-bond donors (Lipinski definition) is 1. The van der Waals surface area contributed by atoms with Crippen LogP contribution in [0.15, 0.2) is 36.4 Å². The predicted molar refractivity (Wildman–Crippen MR) is 102 cm³/mol. The molecule has 150 valence electrons. The number of aliphatic hydroxyl groups excluding tert-OH is 1. The Bertz CT molecular complexity index is 825. The van der Waals surface area contributed by atoms with Crippen LogP contribution in [-0.2, 0) is 0 Å². The smallest absolute Gasteiger partial charge is 0.161 e. The molecule has 1 fully saturated rings. The lowest BCUT2D eigenvalue weighted by Gasteiger charge is -2.37. The summed E-state index contributed by atoms with van der Waals surface area (Å²) in [4.78, 5) is 4.05. The minimum absolute atomic E-state index is 0.421. The SMILES string of the molecule is OC(CN1CCN(c2ccc(F)cc2F)CC1)c1ccc2c(c1)OCCCO2. The number of halogens is 2. The van der Waals surface area contributed by atoms with Gasteiger partial charge in [-0.05, 0) is 29.8 Å². The molecule has 0 amide bonds. The van der Waals surface area contributed by atoms with Crippen molar-refractivity contribution in [2.75, 3.05) is 50.8 Å². The van der Waals surface area contributed by atoms with E-state index in [-0.39, 0.29) is 0 Å². The van der Waals surface area contributed by atoms with Crippen molar-refractivity contribution in [2.24, 2.45) is 0 Å². The van der Waals surface area contributed by atoms with Crippen molar-refractivity contribution in [2.45, 2.75) is 12.5 Å². The fraction of sp³-hybridized carbons (Fsp3) is 0.429. The molecule has 0 radical (unpaired) electrons. The Labute approximate surface area is 163 Å². The molecule has 7 heteroatoms. The van der Waals surface area contributed by atoms with Crippen molar-refractivity contribution in [3.63, 3.8) is 0 Å². The average Bonchev–Trinajstić information content (AvgIpc) is 2.93. The van der Waals surface area contributed by atoms with Crippen LogP contribution in [0.25, 0.3) is 0 Å². The Morgan fingerprint density at radius 2 is 1.68 bits per heavy atom. The molecule has 5 nitrogen and oxygen atoms in total. The van der Waals surface area contributed by atoms with E-state index in [0.717, 1.165) is 18.1 Å². The van der Waals surface area contributed by atoms with E-state index in [2.05, 4.69) is 4.90 Å². The second-order valence-electron chi connectivity index (χ2n) is 7.16. The van der Waals surface area contributed by atoms with E-state index in [1.54, 1.807) is 0 Å². The van der Waals surface area contributed by atoms with Crippen LogP contribution in [0.4, 0.5) is 14.5 Å². The number of rotatable bonds is 4. The number of nitrogens with zero attached hydrogens (tertiary/aromatic N) is 2. The molecule has 0 spiro atoms. The predicted octanol–water partition coefficient (Wildman–Crippen LogP) is 2.98. The van der Waals surface area contributed by atoms with Crippen molar-refractivity contribution in [1.29, 1.82) is 0 Å². The summed E-state index contributed by atoms with van der Waals surface area (Å²) in [7, 11) is 0. The Balaban J connectivity index is 1.35. The number of fused-ring (bicyclic) bond motifs is 1. The van der Waals surface area contributed by atoms with Gasteiger partial charge in [-0.2, -0.15) is 0 Å². The third-order valence-electron chi connectivity index (χ3n) is 5.21. The largest absolute Gasteiger partial charge is 0.490 e. The van der Waals surface area contributed by atoms with E-state index < -0.39 is 17.7 Å². The zero-order valence-corrected chi connectivity index (χ0v) is 15.6. The van der Waals surface area contributed by atoms with Crippen LogP contribution in [0.5, 0.6) is 11.5 Å². The highest BCUT2D eigenvalue weighted by atomic mass is 19.1. The molecule has 2 aromatic carbocycles. The molecule has 2 aliphatic heterocycles. The summed E-state index contributed by atoms with van der Waals surface area (Å²) in [6, 6.07) is 9.22. The first-order valence-corrected chi connectivity index (χ1v) is 9.60. The van der Waals surface area contributed by atoms with Gasteiger partial charge in [0.2, 0.25) is 0 Å². The van der Waals surface area contributed by atoms with Crippen molar-refractivity contribution in [1.82, 2.24) is 4.90 Å². The molecule has 1 saturated heterocycles. The van der Waals surface area contributed by atoms with Gasteiger partial charge in [-0.1, -0.05) is 6.07 Å². The molecule has 28 heavy (non-hydrogen) atoms. The quantitative estimate of drug-likeness (QED) is 0.870. The standard InChI is InChI=1S/C21H24F2N2O3/c22-16-3-4-18(17(23)13-16)25-8-6-24(7-9-25)14-19(26)15-2-5-20-21(12-15)28-11-1-10-27-20/h2-5,12-13,19,26H,1,6-11,14H2. The summed E-state index contributed by atoms with van der Waals surface area (Å²) < 4.78 is 38.4. The Kier molecular flexibility index (Phi) is 5.64. The number of piperazine rings is 1. The highest BCUT2D eigenvalue weighted by Crippen LogP contribution is 2.32. The maximum absolute atomic E-state index is 14.0. The maximum Gasteiger partial charge on any atom is 0.161 e. The lowest BCUT2D eigenvalue weighted by atomic mass is 10.1.